The summed E-state index contributed by atoms with van der Waals surface area (Å²) in [4.78, 5) is 11.7. The molecule has 0 aromatic heterocycles. The van der Waals surface area contributed by atoms with Gasteiger partial charge in [0.1, 0.15) is 5.75 Å². The van der Waals surface area contributed by atoms with Gasteiger partial charge in [0.2, 0.25) is 0 Å². The van der Waals surface area contributed by atoms with Crippen LogP contribution in [0, 0.1) is 0 Å². The van der Waals surface area contributed by atoms with E-state index < -0.39 is 12.5 Å². The van der Waals surface area contributed by atoms with Crippen LogP contribution >= 0.6 is 0 Å². The van der Waals surface area contributed by atoms with Crippen molar-refractivity contribution in [2.75, 3.05) is 20.8 Å². The Bertz CT molecular complexity index is 444. The maximum absolute atomic E-state index is 11.7. The van der Waals surface area contributed by atoms with E-state index in [9.17, 15) is 4.79 Å². The number of hydrogen-bond acceptors (Lipinski definition) is 4. The molecule has 1 atom stereocenters. The Morgan fingerprint density at radius 1 is 1.09 bits per heavy atom. The number of ether oxygens (including phenoxy) is 3. The second-order valence-electron chi connectivity index (χ2n) is 5.24. The molecule has 2 amide bonds. The molecule has 0 saturated heterocycles. The van der Waals surface area contributed by atoms with Crippen molar-refractivity contribution in [3.63, 3.8) is 0 Å². The average Bonchev–Trinajstić information content (AvgIpc) is 2.48. The summed E-state index contributed by atoms with van der Waals surface area (Å²) in [5.74, 6) is 1.19. The van der Waals surface area contributed by atoms with Gasteiger partial charge in [-0.1, -0.05) is 26.0 Å². The average molecular weight is 310 g/mol. The van der Waals surface area contributed by atoms with E-state index >= 15 is 0 Å². The molecule has 0 aliphatic rings. The van der Waals surface area contributed by atoms with Crippen LogP contribution in [0.15, 0.2) is 24.3 Å². The molecule has 0 aliphatic carbocycles. The third kappa shape index (κ3) is 6.32. The molecule has 124 valence electrons. The lowest BCUT2D eigenvalue weighted by molar-refractivity contribution is -0.0972. The Labute approximate surface area is 132 Å². The van der Waals surface area contributed by atoms with Crippen LogP contribution in [-0.4, -0.2) is 39.3 Å². The van der Waals surface area contributed by atoms with Crippen molar-refractivity contribution in [1.82, 2.24) is 10.6 Å². The van der Waals surface area contributed by atoms with Gasteiger partial charge in [-0.2, -0.15) is 0 Å². The van der Waals surface area contributed by atoms with E-state index in [4.69, 9.17) is 14.2 Å². The van der Waals surface area contributed by atoms with Gasteiger partial charge in [-0.15, -0.1) is 0 Å². The highest BCUT2D eigenvalue weighted by molar-refractivity contribution is 5.74. The number of carbonyl (C=O) groups is 1. The van der Waals surface area contributed by atoms with E-state index in [2.05, 4.69) is 24.5 Å². The Morgan fingerprint density at radius 2 is 1.68 bits per heavy atom. The minimum Gasteiger partial charge on any atom is -0.471 e. The van der Waals surface area contributed by atoms with Crippen molar-refractivity contribution in [1.29, 1.82) is 0 Å². The highest BCUT2D eigenvalue weighted by Crippen LogP contribution is 2.19. The molecule has 22 heavy (non-hydrogen) atoms. The maximum Gasteiger partial charge on any atom is 0.317 e. The van der Waals surface area contributed by atoms with Gasteiger partial charge in [-0.05, 0) is 30.5 Å². The van der Waals surface area contributed by atoms with Crippen molar-refractivity contribution in [3.8, 4) is 5.75 Å². The first kappa shape index (κ1) is 18.3. The maximum atomic E-state index is 11.7. The molecule has 1 aromatic rings. The first-order valence-corrected chi connectivity index (χ1v) is 7.32. The van der Waals surface area contributed by atoms with Gasteiger partial charge in [0, 0.05) is 14.2 Å². The normalized spacial score (nSPS) is 12.3. The van der Waals surface area contributed by atoms with E-state index in [0.29, 0.717) is 11.7 Å². The molecular formula is C16H26N2O4. The van der Waals surface area contributed by atoms with Gasteiger partial charge in [-0.25, -0.2) is 4.79 Å². The quantitative estimate of drug-likeness (QED) is 0.724. The molecule has 0 aliphatic heterocycles. The Hall–Kier alpha value is -1.79. The smallest absolute Gasteiger partial charge is 0.317 e. The Kier molecular flexibility index (Phi) is 7.70. The number of methoxy groups -OCH3 is 2. The van der Waals surface area contributed by atoms with E-state index in [0.717, 1.165) is 0 Å². The molecule has 0 radical (unpaired) electrons. The van der Waals surface area contributed by atoms with Gasteiger partial charge in [0.05, 0.1) is 6.54 Å². The van der Waals surface area contributed by atoms with Gasteiger partial charge >= 0.3 is 6.03 Å². The minimum atomic E-state index is -0.467. The molecule has 1 unspecified atom stereocenters. The number of amides is 2. The predicted molar refractivity (Wildman–Crippen MR) is 85.0 cm³/mol. The van der Waals surface area contributed by atoms with E-state index in [1.54, 1.807) is 6.92 Å². The van der Waals surface area contributed by atoms with Gasteiger partial charge in [0.25, 0.3) is 0 Å². The number of carbonyl (C=O) groups excluding carboxylic acids is 1. The second-order valence-corrected chi connectivity index (χ2v) is 5.24. The summed E-state index contributed by atoms with van der Waals surface area (Å²) in [7, 11) is 3.03. The van der Waals surface area contributed by atoms with Crippen LogP contribution in [0.5, 0.6) is 5.75 Å². The number of urea groups is 1. The highest BCUT2D eigenvalue weighted by Gasteiger charge is 2.11. The van der Waals surface area contributed by atoms with Crippen LogP contribution in [0.3, 0.4) is 0 Å². The van der Waals surface area contributed by atoms with Crippen LogP contribution in [0.4, 0.5) is 4.79 Å². The molecule has 0 bridgehead atoms. The molecule has 0 heterocycles. The van der Waals surface area contributed by atoms with Crippen LogP contribution < -0.4 is 15.4 Å². The molecule has 6 nitrogen and oxygen atoms in total. The van der Waals surface area contributed by atoms with Crippen LogP contribution in [0.2, 0.25) is 0 Å². The third-order valence-corrected chi connectivity index (χ3v) is 3.15. The van der Waals surface area contributed by atoms with Crippen LogP contribution in [-0.2, 0) is 9.47 Å². The standard InChI is InChI=1S/C16H26N2O4/c1-11(2)13-6-8-14(9-7-13)22-12(3)18-16(19)17-10-15(20-4)21-5/h6-9,11-12,15H,10H2,1-5H3,(H2,17,18,19). The lowest BCUT2D eigenvalue weighted by Crippen LogP contribution is -2.46. The second kappa shape index (κ2) is 9.27. The molecule has 0 saturated carbocycles. The lowest BCUT2D eigenvalue weighted by Gasteiger charge is -2.19. The summed E-state index contributed by atoms with van der Waals surface area (Å²) in [6, 6.07) is 7.50. The van der Waals surface area contributed by atoms with E-state index in [-0.39, 0.29) is 12.6 Å². The van der Waals surface area contributed by atoms with Gasteiger partial charge in [-0.3, -0.25) is 0 Å². The fraction of sp³-hybridized carbons (Fsp3) is 0.562. The number of nitrogens with one attached hydrogen (secondary N) is 2. The van der Waals surface area contributed by atoms with Crippen molar-refractivity contribution >= 4 is 6.03 Å². The largest absolute Gasteiger partial charge is 0.471 e. The monoisotopic (exact) mass is 310 g/mol. The zero-order valence-corrected chi connectivity index (χ0v) is 13.9. The van der Waals surface area contributed by atoms with Crippen molar-refractivity contribution < 1.29 is 19.0 Å². The van der Waals surface area contributed by atoms with Gasteiger partial charge < -0.3 is 24.8 Å². The lowest BCUT2D eigenvalue weighted by atomic mass is 10.0. The van der Waals surface area contributed by atoms with Crippen molar-refractivity contribution in [3.05, 3.63) is 29.8 Å². The Morgan fingerprint density at radius 3 is 2.18 bits per heavy atom. The number of rotatable bonds is 8. The molecular weight excluding hydrogens is 284 g/mol. The first-order chi connectivity index (χ1) is 10.5. The third-order valence-electron chi connectivity index (χ3n) is 3.15. The molecule has 0 fully saturated rings. The molecule has 6 heteroatoms. The summed E-state index contributed by atoms with van der Waals surface area (Å²) < 4.78 is 15.6. The summed E-state index contributed by atoms with van der Waals surface area (Å²) in [6.45, 7) is 6.30. The molecule has 1 rings (SSSR count). The molecule has 0 spiro atoms. The summed E-state index contributed by atoms with van der Waals surface area (Å²) in [5.41, 5.74) is 1.25. The fourth-order valence-corrected chi connectivity index (χ4v) is 1.84. The van der Waals surface area contributed by atoms with Crippen LogP contribution in [0.25, 0.3) is 0 Å². The zero-order chi connectivity index (χ0) is 16.5. The summed E-state index contributed by atoms with van der Waals surface area (Å²) in [5, 5.41) is 5.33. The van der Waals surface area contributed by atoms with Crippen molar-refractivity contribution in [2.24, 2.45) is 0 Å². The topological polar surface area (TPSA) is 68.8 Å². The van der Waals surface area contributed by atoms with Crippen molar-refractivity contribution in [2.45, 2.75) is 39.2 Å². The first-order valence-electron chi connectivity index (χ1n) is 7.32. The predicted octanol–water partition coefficient (Wildman–Crippen LogP) is 2.45. The SMILES string of the molecule is COC(CNC(=O)NC(C)Oc1ccc(C(C)C)cc1)OC. The van der Waals surface area contributed by atoms with Gasteiger partial charge in [0.15, 0.2) is 12.5 Å². The minimum absolute atomic E-state index is 0.259. The summed E-state index contributed by atoms with van der Waals surface area (Å²) >= 11 is 0. The fourth-order valence-electron chi connectivity index (χ4n) is 1.84. The summed E-state index contributed by atoms with van der Waals surface area (Å²) in [6.07, 6.45) is -0.918. The molecule has 2 N–H and O–H groups in total. The molecule has 1 aromatic carbocycles. The zero-order valence-electron chi connectivity index (χ0n) is 13.9. The Balaban J connectivity index is 2.38. The van der Waals surface area contributed by atoms with E-state index in [1.165, 1.54) is 19.8 Å². The number of benzene rings is 1. The highest BCUT2D eigenvalue weighted by atomic mass is 16.7. The number of hydrogen-bond donors (Lipinski definition) is 2. The van der Waals surface area contributed by atoms with E-state index in [1.807, 2.05) is 24.3 Å². The van der Waals surface area contributed by atoms with Crippen LogP contribution in [0.1, 0.15) is 32.3 Å².